The largest absolute Gasteiger partial charge is 0.343 e. The zero-order valence-electron chi connectivity index (χ0n) is 20.1. The Morgan fingerprint density at radius 3 is 2.26 bits per heavy atom. The molecular weight excluding hydrogens is 384 g/mol. The van der Waals surface area contributed by atoms with E-state index in [2.05, 4.69) is 43.0 Å². The summed E-state index contributed by atoms with van der Waals surface area (Å²) < 4.78 is 0. The van der Waals surface area contributed by atoms with Crippen molar-refractivity contribution in [3.05, 3.63) is 58.2 Å². The Morgan fingerprint density at radius 1 is 1.10 bits per heavy atom. The van der Waals surface area contributed by atoms with Gasteiger partial charge in [0.25, 0.3) is 0 Å². The van der Waals surface area contributed by atoms with Crippen molar-refractivity contribution in [1.82, 2.24) is 19.8 Å². The third kappa shape index (κ3) is 5.70. The minimum absolute atomic E-state index is 0.156. The van der Waals surface area contributed by atoms with Crippen molar-refractivity contribution in [3.63, 3.8) is 0 Å². The summed E-state index contributed by atoms with van der Waals surface area (Å²) in [6.07, 6.45) is 1.48. The van der Waals surface area contributed by atoms with Crippen molar-refractivity contribution in [2.45, 2.75) is 72.8 Å². The van der Waals surface area contributed by atoms with E-state index in [1.807, 2.05) is 32.6 Å². The van der Waals surface area contributed by atoms with Crippen molar-refractivity contribution in [3.8, 4) is 0 Å². The number of carbonyl (C=O) groups excluding carboxylic acids is 1. The number of amides is 1. The predicted octanol–water partition coefficient (Wildman–Crippen LogP) is 4.62. The van der Waals surface area contributed by atoms with Gasteiger partial charge in [-0.3, -0.25) is 9.69 Å². The van der Waals surface area contributed by atoms with Gasteiger partial charge < -0.3 is 4.90 Å². The van der Waals surface area contributed by atoms with Crippen LogP contribution in [-0.4, -0.2) is 51.9 Å². The lowest BCUT2D eigenvalue weighted by Gasteiger charge is -2.20. The van der Waals surface area contributed by atoms with E-state index in [0.29, 0.717) is 18.3 Å². The summed E-state index contributed by atoms with van der Waals surface area (Å²) in [5.74, 6) is 2.02. The van der Waals surface area contributed by atoms with Crippen molar-refractivity contribution >= 4 is 5.91 Å². The summed E-state index contributed by atoms with van der Waals surface area (Å²) in [6, 6.07) is 9.02. The van der Waals surface area contributed by atoms with Crippen LogP contribution in [0.5, 0.6) is 0 Å². The van der Waals surface area contributed by atoms with E-state index in [0.717, 1.165) is 61.9 Å². The molecule has 5 heteroatoms. The van der Waals surface area contributed by atoms with Crippen LogP contribution in [0.25, 0.3) is 0 Å². The second-order valence-electron chi connectivity index (χ2n) is 9.09. The van der Waals surface area contributed by atoms with Crippen LogP contribution in [-0.2, 0) is 17.8 Å². The van der Waals surface area contributed by atoms with Gasteiger partial charge in [0.2, 0.25) is 5.91 Å². The zero-order valence-corrected chi connectivity index (χ0v) is 20.1. The molecule has 5 nitrogen and oxygen atoms in total. The molecule has 0 bridgehead atoms. The average molecular weight is 423 g/mol. The van der Waals surface area contributed by atoms with Crippen LogP contribution in [0.4, 0.5) is 0 Å². The van der Waals surface area contributed by atoms with Gasteiger partial charge in [0.05, 0.1) is 6.42 Å². The molecule has 2 aromatic rings. The average Bonchev–Trinajstić information content (AvgIpc) is 3.20. The molecule has 1 aromatic carbocycles. The minimum atomic E-state index is 0.156. The van der Waals surface area contributed by atoms with E-state index in [-0.39, 0.29) is 5.91 Å². The number of likely N-dealkylation sites (N-methyl/N-ethyl adjacent to an activating group) is 1. The van der Waals surface area contributed by atoms with Crippen LogP contribution < -0.4 is 0 Å². The predicted molar refractivity (Wildman–Crippen MR) is 126 cm³/mol. The number of hydrogen-bond donors (Lipinski definition) is 0. The van der Waals surface area contributed by atoms with Gasteiger partial charge in [-0.25, -0.2) is 9.97 Å². The molecule has 1 amide bonds. The van der Waals surface area contributed by atoms with Gasteiger partial charge in [0, 0.05) is 49.0 Å². The fraction of sp³-hybridized carbons (Fsp3) is 0.577. The van der Waals surface area contributed by atoms with Gasteiger partial charge in [-0.15, -0.1) is 0 Å². The zero-order chi connectivity index (χ0) is 22.5. The molecule has 2 heterocycles. The Bertz CT molecular complexity index is 864. The van der Waals surface area contributed by atoms with Crippen LogP contribution in [0.15, 0.2) is 24.3 Å². The minimum Gasteiger partial charge on any atom is -0.343 e. The fourth-order valence-corrected chi connectivity index (χ4v) is 4.50. The first-order chi connectivity index (χ1) is 14.8. The first kappa shape index (κ1) is 23.4. The smallest absolute Gasteiger partial charge is 0.227 e. The third-order valence-corrected chi connectivity index (χ3v) is 6.57. The van der Waals surface area contributed by atoms with Gasteiger partial charge in [-0.1, -0.05) is 38.1 Å². The first-order valence-corrected chi connectivity index (χ1v) is 11.7. The molecule has 1 fully saturated rings. The van der Waals surface area contributed by atoms with E-state index in [1.54, 1.807) is 0 Å². The van der Waals surface area contributed by atoms with Crippen LogP contribution in [0.3, 0.4) is 0 Å². The summed E-state index contributed by atoms with van der Waals surface area (Å²) in [7, 11) is 0. The highest BCUT2D eigenvalue weighted by molar-refractivity contribution is 5.79. The van der Waals surface area contributed by atoms with E-state index < -0.39 is 0 Å². The fourth-order valence-electron chi connectivity index (χ4n) is 4.50. The van der Waals surface area contributed by atoms with E-state index in [1.165, 1.54) is 11.1 Å². The first-order valence-electron chi connectivity index (χ1n) is 11.7. The molecule has 1 atom stereocenters. The van der Waals surface area contributed by atoms with Gasteiger partial charge >= 0.3 is 0 Å². The molecule has 0 N–H and O–H groups in total. The maximum atomic E-state index is 12.6. The molecule has 1 aliphatic heterocycles. The second kappa shape index (κ2) is 10.4. The Morgan fingerprint density at radius 2 is 1.71 bits per heavy atom. The number of hydrogen-bond acceptors (Lipinski definition) is 4. The molecular formula is C26H38N4O. The highest BCUT2D eigenvalue weighted by Crippen LogP contribution is 2.27. The monoisotopic (exact) mass is 422 g/mol. The maximum absolute atomic E-state index is 12.6. The highest BCUT2D eigenvalue weighted by atomic mass is 16.2. The second-order valence-corrected chi connectivity index (χ2v) is 9.09. The maximum Gasteiger partial charge on any atom is 0.227 e. The summed E-state index contributed by atoms with van der Waals surface area (Å²) >= 11 is 0. The van der Waals surface area contributed by atoms with E-state index in [9.17, 15) is 4.79 Å². The quantitative estimate of drug-likeness (QED) is 0.623. The number of likely N-dealkylation sites (tertiary alicyclic amines) is 1. The van der Waals surface area contributed by atoms with Crippen molar-refractivity contribution in [2.24, 2.45) is 0 Å². The Kier molecular flexibility index (Phi) is 7.82. The normalized spacial score (nSPS) is 16.8. The number of aromatic nitrogens is 2. The Labute approximate surface area is 187 Å². The molecule has 3 rings (SSSR count). The highest BCUT2D eigenvalue weighted by Gasteiger charge is 2.27. The molecule has 1 saturated heterocycles. The van der Waals surface area contributed by atoms with E-state index in [4.69, 9.17) is 9.97 Å². The number of carbonyl (C=O) groups is 1. The van der Waals surface area contributed by atoms with Crippen LogP contribution >= 0.6 is 0 Å². The molecule has 0 unspecified atom stereocenters. The van der Waals surface area contributed by atoms with Gasteiger partial charge in [-0.05, 0) is 57.7 Å². The number of rotatable bonds is 8. The topological polar surface area (TPSA) is 49.3 Å². The number of benzene rings is 1. The van der Waals surface area contributed by atoms with Crippen molar-refractivity contribution in [2.75, 3.05) is 26.2 Å². The molecule has 31 heavy (non-hydrogen) atoms. The van der Waals surface area contributed by atoms with Gasteiger partial charge in [-0.2, -0.15) is 0 Å². The lowest BCUT2D eigenvalue weighted by molar-refractivity contribution is -0.130. The number of nitrogens with zero attached hydrogens (tertiary/aromatic N) is 4. The Balaban J connectivity index is 1.65. The summed E-state index contributed by atoms with van der Waals surface area (Å²) in [5, 5.41) is 0. The Hall–Kier alpha value is -2.27. The van der Waals surface area contributed by atoms with Crippen molar-refractivity contribution < 1.29 is 4.79 Å². The number of aryl methyl sites for hydroxylation is 2. The van der Waals surface area contributed by atoms with Crippen LogP contribution in [0, 0.1) is 13.8 Å². The van der Waals surface area contributed by atoms with Crippen LogP contribution in [0.1, 0.15) is 79.9 Å². The molecule has 0 spiro atoms. The molecule has 168 valence electrons. The van der Waals surface area contributed by atoms with Gasteiger partial charge in [0.15, 0.2) is 0 Å². The molecule has 0 saturated carbocycles. The molecule has 1 aliphatic rings. The third-order valence-electron chi connectivity index (χ3n) is 6.57. The SMILES string of the molecule is CCN(CC)C(=O)Cc1c(C)nc([C@@H]2CCN(Cc3ccc(C(C)C)cc3)C2)nc1C. The van der Waals surface area contributed by atoms with Crippen molar-refractivity contribution in [1.29, 1.82) is 0 Å². The standard InChI is InChI=1S/C26H38N4O/c1-7-30(8-2)25(31)15-24-19(5)27-26(28-20(24)6)23-13-14-29(17-23)16-21-9-11-22(12-10-21)18(3)4/h9-12,18,23H,7-8,13-17H2,1-6H3/t23-/m1/s1. The summed E-state index contributed by atoms with van der Waals surface area (Å²) in [6.45, 7) is 17.1. The molecule has 0 radical (unpaired) electrons. The van der Waals surface area contributed by atoms with E-state index >= 15 is 0 Å². The molecule has 0 aliphatic carbocycles. The summed E-state index contributed by atoms with van der Waals surface area (Å²) in [4.78, 5) is 26.6. The lowest BCUT2D eigenvalue weighted by atomic mass is 10.0. The van der Waals surface area contributed by atoms with Gasteiger partial charge in [0.1, 0.15) is 5.82 Å². The van der Waals surface area contributed by atoms with Crippen LogP contribution in [0.2, 0.25) is 0 Å². The lowest BCUT2D eigenvalue weighted by Crippen LogP contribution is -2.32. The molecule has 1 aromatic heterocycles. The summed E-state index contributed by atoms with van der Waals surface area (Å²) in [5.41, 5.74) is 5.64.